The maximum absolute atomic E-state index is 12.3. The Balaban J connectivity index is 1.81. The zero-order valence-corrected chi connectivity index (χ0v) is 13.2. The van der Waals surface area contributed by atoms with E-state index in [0.717, 1.165) is 24.5 Å². The second-order valence-electron chi connectivity index (χ2n) is 5.36. The van der Waals surface area contributed by atoms with Crippen LogP contribution in [0.5, 0.6) is 0 Å². The molecule has 1 saturated heterocycles. The third kappa shape index (κ3) is 3.45. The van der Waals surface area contributed by atoms with Crippen LogP contribution in [0.1, 0.15) is 21.7 Å². The van der Waals surface area contributed by atoms with Gasteiger partial charge in [-0.3, -0.25) is 9.78 Å². The molecule has 1 aliphatic heterocycles. The van der Waals surface area contributed by atoms with E-state index in [2.05, 4.69) is 25.2 Å². The molecule has 1 N–H and O–H groups in total. The summed E-state index contributed by atoms with van der Waals surface area (Å²) in [6.07, 6.45) is 3.16. The van der Waals surface area contributed by atoms with Crippen molar-refractivity contribution >= 4 is 17.5 Å². The van der Waals surface area contributed by atoms with Crippen molar-refractivity contribution in [1.82, 2.24) is 15.0 Å². The van der Waals surface area contributed by atoms with Crippen LogP contribution < -0.4 is 10.2 Å². The third-order valence-electron chi connectivity index (χ3n) is 3.72. The van der Waals surface area contributed by atoms with Crippen molar-refractivity contribution in [3.8, 4) is 0 Å². The van der Waals surface area contributed by atoms with Gasteiger partial charge in [-0.2, -0.15) is 0 Å². The van der Waals surface area contributed by atoms with Gasteiger partial charge < -0.3 is 15.0 Å². The number of aromatic nitrogens is 3. The Morgan fingerprint density at radius 1 is 1.22 bits per heavy atom. The van der Waals surface area contributed by atoms with E-state index >= 15 is 0 Å². The molecule has 120 valence electrons. The Kier molecular flexibility index (Phi) is 4.47. The van der Waals surface area contributed by atoms with Gasteiger partial charge in [-0.25, -0.2) is 9.97 Å². The number of rotatable bonds is 3. The number of hydrogen-bond donors (Lipinski definition) is 1. The first-order valence-electron chi connectivity index (χ1n) is 7.54. The number of anilines is 2. The smallest absolute Gasteiger partial charge is 0.257 e. The number of hydrogen-bond acceptors (Lipinski definition) is 6. The van der Waals surface area contributed by atoms with Crippen molar-refractivity contribution in [2.45, 2.75) is 13.8 Å². The predicted molar refractivity (Wildman–Crippen MR) is 86.7 cm³/mol. The first kappa shape index (κ1) is 15.4. The molecule has 23 heavy (non-hydrogen) atoms. The van der Waals surface area contributed by atoms with Gasteiger partial charge in [-0.05, 0) is 26.0 Å². The molecule has 2 aromatic rings. The molecule has 7 heteroatoms. The lowest BCUT2D eigenvalue weighted by molar-refractivity contribution is 0.102. The van der Waals surface area contributed by atoms with Crippen molar-refractivity contribution < 1.29 is 9.53 Å². The molecule has 3 rings (SSSR count). The topological polar surface area (TPSA) is 80.2 Å². The molecule has 0 atom stereocenters. The van der Waals surface area contributed by atoms with Crippen molar-refractivity contribution in [3.63, 3.8) is 0 Å². The molecule has 0 radical (unpaired) electrons. The summed E-state index contributed by atoms with van der Waals surface area (Å²) in [6.45, 7) is 6.66. The Bertz CT molecular complexity index is 676. The van der Waals surface area contributed by atoms with Crippen LogP contribution in [-0.4, -0.2) is 47.2 Å². The Labute approximate surface area is 134 Å². The summed E-state index contributed by atoms with van der Waals surface area (Å²) in [5, 5.41) is 2.88. The highest BCUT2D eigenvalue weighted by molar-refractivity contribution is 6.04. The summed E-state index contributed by atoms with van der Waals surface area (Å²) in [7, 11) is 0. The summed E-state index contributed by atoms with van der Waals surface area (Å²) in [4.78, 5) is 27.4. The molecule has 2 aromatic heterocycles. The summed E-state index contributed by atoms with van der Waals surface area (Å²) in [5.41, 5.74) is 2.65. The van der Waals surface area contributed by atoms with Crippen LogP contribution in [0.25, 0.3) is 0 Å². The largest absolute Gasteiger partial charge is 0.378 e. The maximum Gasteiger partial charge on any atom is 0.257 e. The first-order chi connectivity index (χ1) is 11.1. The number of aryl methyl sites for hydroxylation is 2. The second kappa shape index (κ2) is 6.70. The number of nitrogens with zero attached hydrogens (tertiary/aromatic N) is 4. The minimum Gasteiger partial charge on any atom is -0.378 e. The lowest BCUT2D eigenvalue weighted by atomic mass is 10.2. The highest BCUT2D eigenvalue weighted by Gasteiger charge is 2.18. The average Bonchev–Trinajstić information content (AvgIpc) is 2.59. The molecule has 1 fully saturated rings. The zero-order chi connectivity index (χ0) is 16.2. The molecule has 0 bridgehead atoms. The number of morpholine rings is 1. The van der Waals surface area contributed by atoms with Gasteiger partial charge in [0, 0.05) is 25.5 Å². The lowest BCUT2D eigenvalue weighted by Gasteiger charge is -2.27. The number of ether oxygens (including phenoxy) is 1. The molecule has 1 amide bonds. The standard InChI is InChI=1S/C16H19N5O2/c1-11-14(20-15(22)13-4-3-5-17-10-13)12(2)19-16(18-11)21-6-8-23-9-7-21/h3-5,10H,6-9H2,1-2H3,(H,20,22). The summed E-state index contributed by atoms with van der Waals surface area (Å²) in [6, 6.07) is 3.45. The van der Waals surface area contributed by atoms with Crippen LogP contribution in [-0.2, 0) is 4.74 Å². The minimum atomic E-state index is -0.216. The third-order valence-corrected chi connectivity index (χ3v) is 3.72. The molecule has 0 saturated carbocycles. The van der Waals surface area contributed by atoms with Gasteiger partial charge in [0.25, 0.3) is 5.91 Å². The number of carbonyl (C=O) groups is 1. The van der Waals surface area contributed by atoms with E-state index in [1.165, 1.54) is 6.20 Å². The number of pyridine rings is 1. The van der Waals surface area contributed by atoms with E-state index in [-0.39, 0.29) is 5.91 Å². The minimum absolute atomic E-state index is 0.216. The highest BCUT2D eigenvalue weighted by Crippen LogP contribution is 2.21. The van der Waals surface area contributed by atoms with Crippen LogP contribution in [0, 0.1) is 13.8 Å². The molecule has 0 spiro atoms. The van der Waals surface area contributed by atoms with E-state index in [0.29, 0.717) is 30.4 Å². The molecule has 1 aliphatic rings. The second-order valence-corrected chi connectivity index (χ2v) is 5.36. The zero-order valence-electron chi connectivity index (χ0n) is 13.2. The van der Waals surface area contributed by atoms with Gasteiger partial charge in [0.1, 0.15) is 0 Å². The molecular formula is C16H19N5O2. The van der Waals surface area contributed by atoms with Gasteiger partial charge in [0.15, 0.2) is 0 Å². The van der Waals surface area contributed by atoms with Crippen LogP contribution in [0.4, 0.5) is 11.6 Å². The number of amides is 1. The first-order valence-corrected chi connectivity index (χ1v) is 7.54. The average molecular weight is 313 g/mol. The summed E-state index contributed by atoms with van der Waals surface area (Å²) < 4.78 is 5.35. The molecular weight excluding hydrogens is 294 g/mol. The van der Waals surface area contributed by atoms with Gasteiger partial charge in [-0.15, -0.1) is 0 Å². The van der Waals surface area contributed by atoms with Crippen LogP contribution in [0.2, 0.25) is 0 Å². The maximum atomic E-state index is 12.3. The summed E-state index contributed by atoms with van der Waals surface area (Å²) in [5.74, 6) is 0.467. The molecule has 0 aliphatic carbocycles. The Hall–Kier alpha value is -2.54. The molecule has 0 unspecified atom stereocenters. The van der Waals surface area contributed by atoms with Gasteiger partial charge in [0.2, 0.25) is 5.95 Å². The monoisotopic (exact) mass is 313 g/mol. The van der Waals surface area contributed by atoms with Crippen LogP contribution >= 0.6 is 0 Å². The van der Waals surface area contributed by atoms with E-state index in [4.69, 9.17) is 4.74 Å². The molecule has 3 heterocycles. The summed E-state index contributed by atoms with van der Waals surface area (Å²) >= 11 is 0. The van der Waals surface area contributed by atoms with Crippen molar-refractivity contribution in [3.05, 3.63) is 41.5 Å². The van der Waals surface area contributed by atoms with Crippen LogP contribution in [0.3, 0.4) is 0 Å². The normalized spacial score (nSPS) is 14.6. The fourth-order valence-electron chi connectivity index (χ4n) is 2.47. The van der Waals surface area contributed by atoms with E-state index in [1.54, 1.807) is 18.3 Å². The highest BCUT2D eigenvalue weighted by atomic mass is 16.5. The van der Waals surface area contributed by atoms with Gasteiger partial charge >= 0.3 is 0 Å². The fourth-order valence-corrected chi connectivity index (χ4v) is 2.47. The van der Waals surface area contributed by atoms with E-state index < -0.39 is 0 Å². The van der Waals surface area contributed by atoms with Crippen molar-refractivity contribution in [1.29, 1.82) is 0 Å². The van der Waals surface area contributed by atoms with Gasteiger partial charge in [-0.1, -0.05) is 0 Å². The number of carbonyl (C=O) groups excluding carboxylic acids is 1. The Morgan fingerprint density at radius 2 is 1.91 bits per heavy atom. The predicted octanol–water partition coefficient (Wildman–Crippen LogP) is 1.58. The molecule has 7 nitrogen and oxygen atoms in total. The SMILES string of the molecule is Cc1nc(N2CCOCC2)nc(C)c1NC(=O)c1cccnc1. The van der Waals surface area contributed by atoms with Crippen molar-refractivity contribution in [2.24, 2.45) is 0 Å². The lowest BCUT2D eigenvalue weighted by Crippen LogP contribution is -2.37. The molecule has 0 aromatic carbocycles. The quantitative estimate of drug-likeness (QED) is 0.926. The fraction of sp³-hybridized carbons (Fsp3) is 0.375. The van der Waals surface area contributed by atoms with E-state index in [9.17, 15) is 4.79 Å². The number of nitrogens with one attached hydrogen (secondary N) is 1. The van der Waals surface area contributed by atoms with Crippen LogP contribution in [0.15, 0.2) is 24.5 Å². The van der Waals surface area contributed by atoms with Gasteiger partial charge in [0.05, 0.1) is 35.9 Å². The van der Waals surface area contributed by atoms with Crippen molar-refractivity contribution in [2.75, 3.05) is 36.5 Å². The van der Waals surface area contributed by atoms with E-state index in [1.807, 2.05) is 13.8 Å². The Morgan fingerprint density at radius 3 is 2.52 bits per heavy atom.